The summed E-state index contributed by atoms with van der Waals surface area (Å²) in [6.07, 6.45) is 1.53. The van der Waals surface area contributed by atoms with Crippen LogP contribution in [0.1, 0.15) is 13.8 Å². The average Bonchev–Trinajstić information content (AvgIpc) is 3.09. The van der Waals surface area contributed by atoms with Crippen molar-refractivity contribution in [2.24, 2.45) is 0 Å². The Balaban J connectivity index is 2.04. The number of ether oxygens (including phenoxy) is 2. The van der Waals surface area contributed by atoms with Gasteiger partial charge in [0.25, 0.3) is 0 Å². The second-order valence-corrected chi connectivity index (χ2v) is 5.16. The van der Waals surface area contributed by atoms with Crippen molar-refractivity contribution in [3.63, 3.8) is 0 Å². The molecule has 6 heteroatoms. The monoisotopic (exact) mass is 311 g/mol. The molecular formula is C17H17N3O3. The Hall–Kier alpha value is -2.89. The summed E-state index contributed by atoms with van der Waals surface area (Å²) in [5.41, 5.74) is 1.43. The zero-order chi connectivity index (χ0) is 16.2. The van der Waals surface area contributed by atoms with Crippen LogP contribution >= 0.6 is 0 Å². The molecule has 0 radical (unpaired) electrons. The molecule has 0 aliphatic carbocycles. The van der Waals surface area contributed by atoms with Gasteiger partial charge in [-0.2, -0.15) is 4.98 Å². The fourth-order valence-corrected chi connectivity index (χ4v) is 2.06. The fourth-order valence-electron chi connectivity index (χ4n) is 2.06. The highest BCUT2D eigenvalue weighted by molar-refractivity contribution is 5.65. The van der Waals surface area contributed by atoms with E-state index in [1.54, 1.807) is 25.5 Å². The molecule has 0 fully saturated rings. The maximum Gasteiger partial charge on any atom is 0.245 e. The maximum atomic E-state index is 5.81. The molecule has 3 rings (SSSR count). The Bertz CT molecular complexity index is 768. The van der Waals surface area contributed by atoms with E-state index >= 15 is 0 Å². The van der Waals surface area contributed by atoms with Crippen molar-refractivity contribution in [3.8, 4) is 34.5 Å². The predicted octanol–water partition coefficient (Wildman–Crippen LogP) is 3.59. The van der Waals surface area contributed by atoms with Crippen molar-refractivity contribution in [1.29, 1.82) is 0 Å². The number of furan rings is 1. The number of rotatable bonds is 5. The van der Waals surface area contributed by atoms with Gasteiger partial charge in [-0.1, -0.05) is 0 Å². The molecule has 0 atom stereocenters. The molecule has 2 heterocycles. The molecule has 2 aromatic heterocycles. The van der Waals surface area contributed by atoms with E-state index in [0.29, 0.717) is 23.2 Å². The topological polar surface area (TPSA) is 70.3 Å². The Morgan fingerprint density at radius 3 is 2.43 bits per heavy atom. The fraction of sp³-hybridized carbons (Fsp3) is 0.235. The molecular weight excluding hydrogens is 294 g/mol. The van der Waals surface area contributed by atoms with E-state index in [4.69, 9.17) is 13.9 Å². The van der Waals surface area contributed by atoms with Gasteiger partial charge in [0, 0.05) is 5.56 Å². The number of methoxy groups -OCH3 is 1. The molecule has 118 valence electrons. The lowest BCUT2D eigenvalue weighted by atomic mass is 10.1. The van der Waals surface area contributed by atoms with Crippen molar-refractivity contribution in [1.82, 2.24) is 15.2 Å². The first-order valence-electron chi connectivity index (χ1n) is 7.27. The van der Waals surface area contributed by atoms with Crippen molar-refractivity contribution in [3.05, 3.63) is 42.7 Å². The van der Waals surface area contributed by atoms with Gasteiger partial charge >= 0.3 is 0 Å². The van der Waals surface area contributed by atoms with Crippen molar-refractivity contribution < 1.29 is 13.9 Å². The van der Waals surface area contributed by atoms with Gasteiger partial charge < -0.3 is 13.9 Å². The van der Waals surface area contributed by atoms with Crippen molar-refractivity contribution >= 4 is 0 Å². The normalized spacial score (nSPS) is 10.8. The highest BCUT2D eigenvalue weighted by atomic mass is 16.5. The lowest BCUT2D eigenvalue weighted by Gasteiger charge is -2.12. The summed E-state index contributed by atoms with van der Waals surface area (Å²) >= 11 is 0. The van der Waals surface area contributed by atoms with Gasteiger partial charge in [-0.25, -0.2) is 0 Å². The molecule has 3 aromatic rings. The van der Waals surface area contributed by atoms with Gasteiger partial charge in [0.1, 0.15) is 5.75 Å². The number of hydrogen-bond donors (Lipinski definition) is 0. The van der Waals surface area contributed by atoms with Crippen LogP contribution in [0.4, 0.5) is 0 Å². The predicted molar refractivity (Wildman–Crippen MR) is 85.3 cm³/mol. The first-order chi connectivity index (χ1) is 11.2. The third kappa shape index (κ3) is 3.31. The quantitative estimate of drug-likeness (QED) is 0.717. The van der Waals surface area contributed by atoms with Gasteiger partial charge in [-0.05, 0) is 50.2 Å². The zero-order valence-electron chi connectivity index (χ0n) is 13.2. The van der Waals surface area contributed by atoms with Crippen LogP contribution in [0.3, 0.4) is 0 Å². The molecule has 0 spiro atoms. The Morgan fingerprint density at radius 2 is 1.83 bits per heavy atom. The van der Waals surface area contributed by atoms with Gasteiger partial charge in [0.05, 0.1) is 19.5 Å². The minimum Gasteiger partial charge on any atom is -0.497 e. The van der Waals surface area contributed by atoms with E-state index in [-0.39, 0.29) is 6.10 Å². The Morgan fingerprint density at radius 1 is 1.04 bits per heavy atom. The average molecular weight is 311 g/mol. The molecule has 6 nitrogen and oxygen atoms in total. The summed E-state index contributed by atoms with van der Waals surface area (Å²) in [4.78, 5) is 4.45. The van der Waals surface area contributed by atoms with Crippen LogP contribution in [-0.2, 0) is 0 Å². The second kappa shape index (κ2) is 6.48. The first-order valence-corrected chi connectivity index (χ1v) is 7.27. The molecule has 0 aliphatic heterocycles. The molecule has 0 aliphatic rings. The van der Waals surface area contributed by atoms with Crippen molar-refractivity contribution in [2.45, 2.75) is 20.0 Å². The largest absolute Gasteiger partial charge is 0.497 e. The van der Waals surface area contributed by atoms with Crippen LogP contribution < -0.4 is 9.47 Å². The molecule has 0 saturated heterocycles. The van der Waals surface area contributed by atoms with E-state index < -0.39 is 0 Å². The standard InChI is InChI=1S/C17H17N3O3/c1-11(2)23-17-15(12-6-8-13(21-3)9-7-12)19-20-16(18-17)14-5-4-10-22-14/h4-11H,1-3H3. The third-order valence-electron chi connectivity index (χ3n) is 3.11. The van der Waals surface area contributed by atoms with Crippen LogP contribution in [0, 0.1) is 0 Å². The smallest absolute Gasteiger partial charge is 0.245 e. The van der Waals surface area contributed by atoms with Gasteiger partial charge in [0.15, 0.2) is 11.5 Å². The van der Waals surface area contributed by atoms with E-state index in [1.807, 2.05) is 38.1 Å². The Labute approximate surface area is 134 Å². The minimum atomic E-state index is -0.0341. The maximum absolute atomic E-state index is 5.81. The van der Waals surface area contributed by atoms with E-state index in [0.717, 1.165) is 11.3 Å². The summed E-state index contributed by atoms with van der Waals surface area (Å²) in [7, 11) is 1.63. The molecule has 1 aromatic carbocycles. The molecule has 23 heavy (non-hydrogen) atoms. The zero-order valence-corrected chi connectivity index (χ0v) is 13.2. The number of benzene rings is 1. The van der Waals surface area contributed by atoms with Gasteiger partial charge in [-0.3, -0.25) is 0 Å². The Kier molecular flexibility index (Phi) is 4.23. The summed E-state index contributed by atoms with van der Waals surface area (Å²) < 4.78 is 16.3. The highest BCUT2D eigenvalue weighted by Gasteiger charge is 2.16. The lowest BCUT2D eigenvalue weighted by molar-refractivity contribution is 0.232. The summed E-state index contributed by atoms with van der Waals surface area (Å²) in [5.74, 6) is 2.13. The van der Waals surface area contributed by atoms with Crippen molar-refractivity contribution in [2.75, 3.05) is 7.11 Å². The van der Waals surface area contributed by atoms with Gasteiger partial charge in [0.2, 0.25) is 11.7 Å². The first kappa shape index (κ1) is 15.0. The molecule has 0 N–H and O–H groups in total. The number of nitrogens with zero attached hydrogens (tertiary/aromatic N) is 3. The van der Waals surface area contributed by atoms with Gasteiger partial charge in [-0.15, -0.1) is 10.2 Å². The molecule has 0 amide bonds. The minimum absolute atomic E-state index is 0.0341. The van der Waals surface area contributed by atoms with E-state index in [2.05, 4.69) is 15.2 Å². The second-order valence-electron chi connectivity index (χ2n) is 5.16. The molecule has 0 bridgehead atoms. The molecule has 0 unspecified atom stereocenters. The highest BCUT2D eigenvalue weighted by Crippen LogP contribution is 2.29. The summed E-state index contributed by atoms with van der Waals surface area (Å²) in [6, 6.07) is 11.1. The van der Waals surface area contributed by atoms with Crippen LogP contribution in [0.25, 0.3) is 22.8 Å². The molecule has 0 saturated carbocycles. The third-order valence-corrected chi connectivity index (χ3v) is 3.11. The number of hydrogen-bond acceptors (Lipinski definition) is 6. The number of aromatic nitrogens is 3. The van der Waals surface area contributed by atoms with E-state index in [9.17, 15) is 0 Å². The van der Waals surface area contributed by atoms with Crippen LogP contribution in [0.2, 0.25) is 0 Å². The lowest BCUT2D eigenvalue weighted by Crippen LogP contribution is -2.10. The summed E-state index contributed by atoms with van der Waals surface area (Å²) in [6.45, 7) is 3.87. The van der Waals surface area contributed by atoms with Crippen LogP contribution in [0.15, 0.2) is 47.1 Å². The van der Waals surface area contributed by atoms with Crippen LogP contribution in [-0.4, -0.2) is 28.4 Å². The van der Waals surface area contributed by atoms with Crippen LogP contribution in [0.5, 0.6) is 11.6 Å². The van der Waals surface area contributed by atoms with E-state index in [1.165, 1.54) is 0 Å². The SMILES string of the molecule is COc1ccc(-c2nnc(-c3ccco3)nc2OC(C)C)cc1. The summed E-state index contributed by atoms with van der Waals surface area (Å²) in [5, 5.41) is 8.42.